The molecule has 1 atom stereocenters. The molecule has 2 amide bonds. The largest absolute Gasteiger partial charge is 0.487 e. The van der Waals surface area contributed by atoms with E-state index in [-0.39, 0.29) is 30.4 Å². The second kappa shape index (κ2) is 11.8. The highest BCUT2D eigenvalue weighted by Crippen LogP contribution is 2.34. The summed E-state index contributed by atoms with van der Waals surface area (Å²) in [6, 6.07) is 10.9. The Labute approximate surface area is 195 Å². The smallest absolute Gasteiger partial charge is 0.387 e. The van der Waals surface area contributed by atoms with Crippen LogP contribution in [0.2, 0.25) is 5.02 Å². The van der Waals surface area contributed by atoms with Crippen molar-refractivity contribution in [2.75, 3.05) is 38.7 Å². The van der Waals surface area contributed by atoms with Crippen molar-refractivity contribution in [3.05, 3.63) is 53.1 Å². The standard InChI is InChI=1S/C23H25ClF2N2O5/c1-31-12-13-32-20-17(24)8-4-9-18(20)27-21(29)15-6-5-11-28(14-15)22(30)16-7-2-3-10-19(16)33-23(25)26/h2-4,7-10,15,23H,5-6,11-14H2,1H3,(H,27,29). The van der Waals surface area contributed by atoms with E-state index < -0.39 is 18.4 Å². The lowest BCUT2D eigenvalue weighted by Gasteiger charge is -2.32. The number of nitrogens with zero attached hydrogens (tertiary/aromatic N) is 1. The molecule has 1 heterocycles. The third kappa shape index (κ3) is 6.55. The van der Waals surface area contributed by atoms with Crippen molar-refractivity contribution in [1.82, 2.24) is 4.90 Å². The Morgan fingerprint density at radius 3 is 2.73 bits per heavy atom. The fourth-order valence-corrected chi connectivity index (χ4v) is 3.83. The molecule has 2 aromatic rings. The molecule has 0 aromatic heterocycles. The van der Waals surface area contributed by atoms with E-state index in [1.807, 2.05) is 0 Å². The molecule has 1 aliphatic rings. The number of hydrogen-bond acceptors (Lipinski definition) is 5. The number of ether oxygens (including phenoxy) is 3. The second-order valence-corrected chi connectivity index (χ2v) is 7.82. The first-order valence-corrected chi connectivity index (χ1v) is 10.8. The van der Waals surface area contributed by atoms with Crippen LogP contribution in [0.1, 0.15) is 23.2 Å². The quantitative estimate of drug-likeness (QED) is 0.534. The Bertz CT molecular complexity index is 976. The number of hydrogen-bond donors (Lipinski definition) is 1. The molecule has 1 saturated heterocycles. The topological polar surface area (TPSA) is 77.1 Å². The van der Waals surface area contributed by atoms with Crippen molar-refractivity contribution >= 4 is 29.1 Å². The van der Waals surface area contributed by atoms with Crippen LogP contribution in [-0.2, 0) is 9.53 Å². The average Bonchev–Trinajstić information content (AvgIpc) is 2.80. The van der Waals surface area contributed by atoms with Gasteiger partial charge in [-0.3, -0.25) is 9.59 Å². The van der Waals surface area contributed by atoms with E-state index in [2.05, 4.69) is 10.1 Å². The van der Waals surface area contributed by atoms with Crippen LogP contribution in [0, 0.1) is 5.92 Å². The lowest BCUT2D eigenvalue weighted by atomic mass is 9.96. The van der Waals surface area contributed by atoms with Crippen molar-refractivity contribution in [1.29, 1.82) is 0 Å². The molecule has 1 aliphatic heterocycles. The molecular formula is C23H25ClF2N2O5. The Balaban J connectivity index is 1.70. The van der Waals surface area contributed by atoms with Gasteiger partial charge in [0.15, 0.2) is 5.75 Å². The van der Waals surface area contributed by atoms with Crippen LogP contribution >= 0.6 is 11.6 Å². The van der Waals surface area contributed by atoms with Gasteiger partial charge in [-0.2, -0.15) is 8.78 Å². The number of carbonyl (C=O) groups excluding carboxylic acids is 2. The fourth-order valence-electron chi connectivity index (χ4n) is 3.60. The molecule has 33 heavy (non-hydrogen) atoms. The van der Waals surface area contributed by atoms with E-state index in [1.165, 1.54) is 23.1 Å². The zero-order chi connectivity index (χ0) is 23.8. The highest BCUT2D eigenvalue weighted by atomic mass is 35.5. The van der Waals surface area contributed by atoms with Gasteiger partial charge >= 0.3 is 6.61 Å². The van der Waals surface area contributed by atoms with E-state index in [0.29, 0.717) is 42.5 Å². The minimum absolute atomic E-state index is 0.0301. The van der Waals surface area contributed by atoms with Crippen molar-refractivity contribution in [3.63, 3.8) is 0 Å². The molecule has 0 bridgehead atoms. The highest BCUT2D eigenvalue weighted by Gasteiger charge is 2.31. The Kier molecular flexibility index (Phi) is 8.85. The summed E-state index contributed by atoms with van der Waals surface area (Å²) in [6.07, 6.45) is 1.17. The van der Waals surface area contributed by atoms with Crippen molar-refractivity contribution < 1.29 is 32.6 Å². The number of methoxy groups -OCH3 is 1. The number of para-hydroxylation sites is 2. The van der Waals surface area contributed by atoms with E-state index in [4.69, 9.17) is 21.1 Å². The Hall–Kier alpha value is -2.91. The van der Waals surface area contributed by atoms with Crippen LogP contribution in [0.15, 0.2) is 42.5 Å². The van der Waals surface area contributed by atoms with Crippen LogP contribution in [0.4, 0.5) is 14.5 Å². The molecule has 0 spiro atoms. The van der Waals surface area contributed by atoms with Crippen LogP contribution in [0.25, 0.3) is 0 Å². The van der Waals surface area contributed by atoms with Crippen molar-refractivity contribution in [3.8, 4) is 11.5 Å². The predicted octanol–water partition coefficient (Wildman–Crippen LogP) is 4.46. The van der Waals surface area contributed by atoms with Crippen LogP contribution < -0.4 is 14.8 Å². The number of carbonyl (C=O) groups is 2. The highest BCUT2D eigenvalue weighted by molar-refractivity contribution is 6.32. The molecule has 1 fully saturated rings. The number of anilines is 1. The lowest BCUT2D eigenvalue weighted by molar-refractivity contribution is -0.121. The van der Waals surface area contributed by atoms with E-state index in [0.717, 1.165) is 0 Å². The van der Waals surface area contributed by atoms with Gasteiger partial charge in [0.25, 0.3) is 5.91 Å². The van der Waals surface area contributed by atoms with Gasteiger partial charge in [0, 0.05) is 20.2 Å². The van der Waals surface area contributed by atoms with Gasteiger partial charge in [-0.15, -0.1) is 0 Å². The molecular weight excluding hydrogens is 458 g/mol. The van der Waals surface area contributed by atoms with Crippen molar-refractivity contribution in [2.45, 2.75) is 19.5 Å². The zero-order valence-corrected chi connectivity index (χ0v) is 18.8. The van der Waals surface area contributed by atoms with E-state index >= 15 is 0 Å². The molecule has 1 unspecified atom stereocenters. The summed E-state index contributed by atoms with van der Waals surface area (Å²) in [4.78, 5) is 27.5. The summed E-state index contributed by atoms with van der Waals surface area (Å²) in [5, 5.41) is 3.18. The molecule has 1 N–H and O–H groups in total. The summed E-state index contributed by atoms with van der Waals surface area (Å²) < 4.78 is 40.5. The molecule has 10 heteroatoms. The first kappa shape index (κ1) is 24.7. The number of rotatable bonds is 9. The average molecular weight is 483 g/mol. The number of halogens is 3. The monoisotopic (exact) mass is 482 g/mol. The maximum absolute atomic E-state index is 13.0. The minimum atomic E-state index is -3.04. The molecule has 0 radical (unpaired) electrons. The zero-order valence-electron chi connectivity index (χ0n) is 18.1. The normalized spacial score (nSPS) is 15.9. The predicted molar refractivity (Wildman–Crippen MR) is 119 cm³/mol. The first-order valence-electron chi connectivity index (χ1n) is 10.4. The number of piperidine rings is 1. The summed E-state index contributed by atoms with van der Waals surface area (Å²) in [5.41, 5.74) is 0.449. The van der Waals surface area contributed by atoms with Crippen LogP contribution in [0.5, 0.6) is 11.5 Å². The number of amides is 2. The molecule has 7 nitrogen and oxygen atoms in total. The van der Waals surface area contributed by atoms with E-state index in [9.17, 15) is 18.4 Å². The van der Waals surface area contributed by atoms with E-state index in [1.54, 1.807) is 31.4 Å². The third-order valence-corrected chi connectivity index (χ3v) is 5.47. The van der Waals surface area contributed by atoms with Gasteiger partial charge in [0.05, 0.1) is 28.8 Å². The Morgan fingerprint density at radius 2 is 1.97 bits per heavy atom. The number of benzene rings is 2. The maximum atomic E-state index is 13.0. The van der Waals surface area contributed by atoms with Gasteiger partial charge in [0.1, 0.15) is 12.4 Å². The molecule has 0 saturated carbocycles. The molecule has 178 valence electrons. The van der Waals surface area contributed by atoms with Gasteiger partial charge in [-0.05, 0) is 37.1 Å². The number of likely N-dealkylation sites (tertiary alicyclic amines) is 1. The maximum Gasteiger partial charge on any atom is 0.387 e. The second-order valence-electron chi connectivity index (χ2n) is 7.41. The SMILES string of the molecule is COCCOc1c(Cl)cccc1NC(=O)C1CCCN(C(=O)c2ccccc2OC(F)F)C1. The summed E-state index contributed by atoms with van der Waals surface area (Å²) in [6.45, 7) is -1.87. The fraction of sp³-hybridized carbons (Fsp3) is 0.391. The lowest BCUT2D eigenvalue weighted by Crippen LogP contribution is -2.44. The number of nitrogens with one attached hydrogen (secondary N) is 1. The number of alkyl halides is 2. The van der Waals surface area contributed by atoms with Gasteiger partial charge in [0.2, 0.25) is 5.91 Å². The molecule has 2 aromatic carbocycles. The first-order chi connectivity index (χ1) is 15.9. The Morgan fingerprint density at radius 1 is 1.18 bits per heavy atom. The van der Waals surface area contributed by atoms with Crippen molar-refractivity contribution in [2.24, 2.45) is 5.92 Å². The molecule has 0 aliphatic carbocycles. The van der Waals surface area contributed by atoms with Gasteiger partial charge in [-0.25, -0.2) is 0 Å². The summed E-state index contributed by atoms with van der Waals surface area (Å²) in [5.74, 6) is -1.09. The summed E-state index contributed by atoms with van der Waals surface area (Å²) in [7, 11) is 1.55. The molecule has 3 rings (SSSR count). The van der Waals surface area contributed by atoms with Crippen LogP contribution in [-0.4, -0.2) is 56.7 Å². The third-order valence-electron chi connectivity index (χ3n) is 5.17. The van der Waals surface area contributed by atoms with Gasteiger partial charge in [-0.1, -0.05) is 29.8 Å². The minimum Gasteiger partial charge on any atom is -0.487 e. The van der Waals surface area contributed by atoms with Gasteiger partial charge < -0.3 is 24.4 Å². The summed E-state index contributed by atoms with van der Waals surface area (Å²) >= 11 is 6.23. The van der Waals surface area contributed by atoms with Crippen LogP contribution in [0.3, 0.4) is 0 Å².